The highest BCUT2D eigenvalue weighted by Gasteiger charge is 2.19. The summed E-state index contributed by atoms with van der Waals surface area (Å²) in [6.45, 7) is 2.87. The van der Waals surface area contributed by atoms with E-state index in [4.69, 9.17) is 4.74 Å². The minimum Gasteiger partial charge on any atom is -0.449 e. The first-order valence-corrected chi connectivity index (χ1v) is 7.40. The third-order valence-electron chi connectivity index (χ3n) is 3.11. The highest BCUT2D eigenvalue weighted by Crippen LogP contribution is 2.13. The van der Waals surface area contributed by atoms with Crippen molar-refractivity contribution in [1.82, 2.24) is 0 Å². The number of para-hydroxylation sites is 1. The second-order valence-corrected chi connectivity index (χ2v) is 5.16. The summed E-state index contributed by atoms with van der Waals surface area (Å²) in [4.78, 5) is 35.2. The van der Waals surface area contributed by atoms with E-state index in [2.05, 4.69) is 10.6 Å². The van der Waals surface area contributed by atoms with Gasteiger partial charge >= 0.3 is 5.97 Å². The molecule has 1 atom stereocenters. The van der Waals surface area contributed by atoms with Gasteiger partial charge in [0.2, 0.25) is 5.91 Å². The molecule has 124 valence electrons. The monoisotopic (exact) mass is 326 g/mol. The van der Waals surface area contributed by atoms with Gasteiger partial charge in [-0.1, -0.05) is 24.3 Å². The highest BCUT2D eigenvalue weighted by atomic mass is 16.5. The Hall–Kier alpha value is -3.15. The van der Waals surface area contributed by atoms with Crippen molar-refractivity contribution in [3.05, 3.63) is 60.2 Å². The van der Waals surface area contributed by atoms with Crippen LogP contribution in [0.15, 0.2) is 54.6 Å². The Balaban J connectivity index is 1.98. The Labute approximate surface area is 139 Å². The van der Waals surface area contributed by atoms with Gasteiger partial charge in [0.1, 0.15) is 0 Å². The molecule has 0 spiro atoms. The number of esters is 1. The zero-order valence-electron chi connectivity index (χ0n) is 13.4. The van der Waals surface area contributed by atoms with Crippen LogP contribution in [0.25, 0.3) is 0 Å². The predicted molar refractivity (Wildman–Crippen MR) is 90.7 cm³/mol. The fourth-order valence-corrected chi connectivity index (χ4v) is 1.97. The molecule has 2 N–H and O–H groups in total. The van der Waals surface area contributed by atoms with Crippen molar-refractivity contribution in [3.8, 4) is 0 Å². The lowest BCUT2D eigenvalue weighted by Crippen LogP contribution is -2.30. The summed E-state index contributed by atoms with van der Waals surface area (Å²) in [6, 6.07) is 15.2. The van der Waals surface area contributed by atoms with Gasteiger partial charge in [0.15, 0.2) is 6.10 Å². The van der Waals surface area contributed by atoms with Crippen molar-refractivity contribution in [3.63, 3.8) is 0 Å². The Bertz CT molecular complexity index is 744. The van der Waals surface area contributed by atoms with Gasteiger partial charge in [0.25, 0.3) is 5.91 Å². The maximum absolute atomic E-state index is 12.1. The molecule has 6 heteroatoms. The highest BCUT2D eigenvalue weighted by molar-refractivity contribution is 5.98. The maximum atomic E-state index is 12.1. The van der Waals surface area contributed by atoms with Crippen LogP contribution in [-0.4, -0.2) is 23.9 Å². The molecule has 0 fully saturated rings. The van der Waals surface area contributed by atoms with Crippen LogP contribution < -0.4 is 10.6 Å². The fraction of sp³-hybridized carbons (Fsp3) is 0.167. The van der Waals surface area contributed by atoms with Crippen LogP contribution >= 0.6 is 0 Å². The SMILES string of the molecule is CC(=O)Nc1cccc(C(=O)OC(C)C(=O)Nc2ccccc2)c1. The standard InChI is InChI=1S/C18H18N2O4/c1-12(17(22)20-15-8-4-3-5-9-15)24-18(23)14-7-6-10-16(11-14)19-13(2)21/h3-12H,1-2H3,(H,19,21)(H,20,22). The van der Waals surface area contributed by atoms with Crippen LogP contribution in [0.1, 0.15) is 24.2 Å². The van der Waals surface area contributed by atoms with Crippen LogP contribution in [0.4, 0.5) is 11.4 Å². The second kappa shape index (κ2) is 7.92. The average molecular weight is 326 g/mol. The van der Waals surface area contributed by atoms with E-state index in [9.17, 15) is 14.4 Å². The van der Waals surface area contributed by atoms with E-state index >= 15 is 0 Å². The quantitative estimate of drug-likeness (QED) is 0.828. The lowest BCUT2D eigenvalue weighted by atomic mass is 10.2. The number of hydrogen-bond donors (Lipinski definition) is 2. The number of amides is 2. The number of rotatable bonds is 5. The molecule has 2 aromatic rings. The van der Waals surface area contributed by atoms with Crippen LogP contribution in [0, 0.1) is 0 Å². The topological polar surface area (TPSA) is 84.5 Å². The number of carbonyl (C=O) groups excluding carboxylic acids is 3. The zero-order chi connectivity index (χ0) is 17.5. The lowest BCUT2D eigenvalue weighted by molar-refractivity contribution is -0.123. The van der Waals surface area contributed by atoms with Crippen molar-refractivity contribution in [1.29, 1.82) is 0 Å². The van der Waals surface area contributed by atoms with Crippen molar-refractivity contribution in [2.24, 2.45) is 0 Å². The first-order chi connectivity index (χ1) is 11.5. The summed E-state index contributed by atoms with van der Waals surface area (Å²) in [5.41, 5.74) is 1.36. The first-order valence-electron chi connectivity index (χ1n) is 7.40. The molecule has 0 saturated carbocycles. The summed E-state index contributed by atoms with van der Waals surface area (Å²) < 4.78 is 5.17. The Kier molecular flexibility index (Phi) is 5.68. The van der Waals surface area contributed by atoms with Crippen molar-refractivity contribution in [2.45, 2.75) is 20.0 Å². The van der Waals surface area contributed by atoms with Crippen molar-refractivity contribution < 1.29 is 19.1 Å². The molecule has 0 heterocycles. The van der Waals surface area contributed by atoms with E-state index in [1.165, 1.54) is 19.9 Å². The number of carbonyl (C=O) groups is 3. The molecule has 0 aromatic heterocycles. The molecule has 24 heavy (non-hydrogen) atoms. The fourth-order valence-electron chi connectivity index (χ4n) is 1.97. The zero-order valence-corrected chi connectivity index (χ0v) is 13.4. The van der Waals surface area contributed by atoms with Crippen LogP contribution in [0.2, 0.25) is 0 Å². The molecule has 1 unspecified atom stereocenters. The molecule has 2 aromatic carbocycles. The van der Waals surface area contributed by atoms with E-state index in [0.29, 0.717) is 11.4 Å². The van der Waals surface area contributed by atoms with Gasteiger partial charge in [0, 0.05) is 18.3 Å². The molecule has 0 aliphatic rings. The molecule has 0 aliphatic carbocycles. The van der Waals surface area contributed by atoms with Crippen molar-refractivity contribution >= 4 is 29.2 Å². The first kappa shape index (κ1) is 17.2. The number of benzene rings is 2. The Morgan fingerprint density at radius 2 is 1.58 bits per heavy atom. The van der Waals surface area contributed by atoms with Crippen molar-refractivity contribution in [2.75, 3.05) is 10.6 Å². The molecule has 0 bridgehead atoms. The third kappa shape index (κ3) is 4.95. The molecule has 0 aliphatic heterocycles. The predicted octanol–water partition coefficient (Wildman–Crippen LogP) is 2.83. The van der Waals surface area contributed by atoms with E-state index in [1.807, 2.05) is 6.07 Å². The summed E-state index contributed by atoms with van der Waals surface area (Å²) >= 11 is 0. The normalized spacial score (nSPS) is 11.2. The van der Waals surface area contributed by atoms with Gasteiger partial charge < -0.3 is 15.4 Å². The summed E-state index contributed by atoms with van der Waals surface area (Å²) in [5.74, 6) is -1.30. The van der Waals surface area contributed by atoms with Gasteiger partial charge in [-0.3, -0.25) is 9.59 Å². The number of ether oxygens (including phenoxy) is 1. The minimum absolute atomic E-state index is 0.240. The summed E-state index contributed by atoms with van der Waals surface area (Å²) in [7, 11) is 0. The van der Waals surface area contributed by atoms with E-state index in [0.717, 1.165) is 0 Å². The van der Waals surface area contributed by atoms with Crippen LogP contribution in [0.5, 0.6) is 0 Å². The van der Waals surface area contributed by atoms with Gasteiger partial charge in [-0.05, 0) is 37.3 Å². The largest absolute Gasteiger partial charge is 0.449 e. The van der Waals surface area contributed by atoms with E-state index in [1.54, 1.807) is 42.5 Å². The van der Waals surface area contributed by atoms with Gasteiger partial charge in [-0.2, -0.15) is 0 Å². The van der Waals surface area contributed by atoms with Crippen LogP contribution in [-0.2, 0) is 14.3 Å². The Morgan fingerprint density at radius 1 is 0.917 bits per heavy atom. The molecular formula is C18H18N2O4. The van der Waals surface area contributed by atoms with Gasteiger partial charge in [-0.15, -0.1) is 0 Å². The summed E-state index contributed by atoms with van der Waals surface area (Å²) in [5, 5.41) is 5.25. The molecule has 2 rings (SSSR count). The minimum atomic E-state index is -0.956. The number of nitrogens with one attached hydrogen (secondary N) is 2. The smallest absolute Gasteiger partial charge is 0.338 e. The number of anilines is 2. The molecular weight excluding hydrogens is 308 g/mol. The molecule has 6 nitrogen and oxygen atoms in total. The van der Waals surface area contributed by atoms with E-state index < -0.39 is 18.0 Å². The van der Waals surface area contributed by atoms with Gasteiger partial charge in [0.05, 0.1) is 5.56 Å². The van der Waals surface area contributed by atoms with Gasteiger partial charge in [-0.25, -0.2) is 4.79 Å². The average Bonchev–Trinajstić information content (AvgIpc) is 2.55. The molecule has 2 amide bonds. The molecule has 0 saturated heterocycles. The van der Waals surface area contributed by atoms with E-state index in [-0.39, 0.29) is 11.5 Å². The third-order valence-corrected chi connectivity index (χ3v) is 3.11. The lowest BCUT2D eigenvalue weighted by Gasteiger charge is -2.14. The summed E-state index contributed by atoms with van der Waals surface area (Å²) in [6.07, 6.45) is -0.956. The van der Waals surface area contributed by atoms with Crippen LogP contribution in [0.3, 0.4) is 0 Å². The Morgan fingerprint density at radius 3 is 2.25 bits per heavy atom. The second-order valence-electron chi connectivity index (χ2n) is 5.16. The molecule has 0 radical (unpaired) electrons. The number of hydrogen-bond acceptors (Lipinski definition) is 4. The maximum Gasteiger partial charge on any atom is 0.338 e.